The standard InChI is InChI=1S/C23H21NO4S/c1-27-19-10-6-9-18(15-19)24-22(25)21(16-7-4-3-5-8-16)28-23(26)17-11-13-20(29-2)14-12-17/h3-15,21H,1-2H3,(H,24,25)/t21-/m1/s1. The van der Waals surface area contributed by atoms with Crippen molar-refractivity contribution in [2.75, 3.05) is 18.7 Å². The van der Waals surface area contributed by atoms with E-state index in [4.69, 9.17) is 9.47 Å². The first-order chi connectivity index (χ1) is 14.1. The smallest absolute Gasteiger partial charge is 0.339 e. The largest absolute Gasteiger partial charge is 0.497 e. The van der Waals surface area contributed by atoms with Crippen molar-refractivity contribution >= 4 is 29.3 Å². The van der Waals surface area contributed by atoms with Gasteiger partial charge >= 0.3 is 5.97 Å². The number of anilines is 1. The number of thioether (sulfide) groups is 1. The number of rotatable bonds is 7. The third-order valence-electron chi connectivity index (χ3n) is 4.23. The monoisotopic (exact) mass is 407 g/mol. The molecule has 0 saturated heterocycles. The van der Waals surface area contributed by atoms with Gasteiger partial charge in [-0.25, -0.2) is 4.79 Å². The van der Waals surface area contributed by atoms with Gasteiger partial charge in [0, 0.05) is 22.2 Å². The number of carbonyl (C=O) groups excluding carboxylic acids is 2. The number of methoxy groups -OCH3 is 1. The predicted octanol–water partition coefficient (Wildman–Crippen LogP) is 4.95. The Bertz CT molecular complexity index is 974. The summed E-state index contributed by atoms with van der Waals surface area (Å²) in [7, 11) is 1.55. The second kappa shape index (κ2) is 9.80. The van der Waals surface area contributed by atoms with E-state index in [2.05, 4.69) is 5.32 Å². The van der Waals surface area contributed by atoms with Crippen LogP contribution in [0.3, 0.4) is 0 Å². The third-order valence-corrected chi connectivity index (χ3v) is 4.97. The molecular weight excluding hydrogens is 386 g/mol. The first-order valence-electron chi connectivity index (χ1n) is 8.95. The first-order valence-corrected chi connectivity index (χ1v) is 10.2. The summed E-state index contributed by atoms with van der Waals surface area (Å²) < 4.78 is 10.8. The van der Waals surface area contributed by atoms with E-state index in [0.29, 0.717) is 22.6 Å². The van der Waals surface area contributed by atoms with Gasteiger partial charge in [0.2, 0.25) is 6.10 Å². The highest BCUT2D eigenvalue weighted by Crippen LogP contribution is 2.24. The van der Waals surface area contributed by atoms with Gasteiger partial charge in [-0.15, -0.1) is 11.8 Å². The molecule has 0 aliphatic carbocycles. The van der Waals surface area contributed by atoms with E-state index in [1.54, 1.807) is 79.5 Å². The second-order valence-electron chi connectivity index (χ2n) is 6.15. The molecular formula is C23H21NO4S. The average Bonchev–Trinajstić information content (AvgIpc) is 2.78. The molecule has 1 amide bonds. The fourth-order valence-corrected chi connectivity index (χ4v) is 3.12. The summed E-state index contributed by atoms with van der Waals surface area (Å²) in [6.07, 6.45) is 0.872. The fraction of sp³-hybridized carbons (Fsp3) is 0.130. The van der Waals surface area contributed by atoms with Crippen molar-refractivity contribution in [3.8, 4) is 5.75 Å². The maximum atomic E-state index is 12.9. The van der Waals surface area contributed by atoms with Gasteiger partial charge in [-0.05, 0) is 42.7 Å². The Labute approximate surface area is 174 Å². The van der Waals surface area contributed by atoms with Crippen LogP contribution in [-0.2, 0) is 9.53 Å². The number of hydrogen-bond acceptors (Lipinski definition) is 5. The fourth-order valence-electron chi connectivity index (χ4n) is 2.71. The van der Waals surface area contributed by atoms with Crippen molar-refractivity contribution in [3.05, 3.63) is 90.0 Å². The Morgan fingerprint density at radius 2 is 1.66 bits per heavy atom. The van der Waals surface area contributed by atoms with Crippen molar-refractivity contribution in [1.82, 2.24) is 0 Å². The zero-order chi connectivity index (χ0) is 20.6. The predicted molar refractivity (Wildman–Crippen MR) is 114 cm³/mol. The lowest BCUT2D eigenvalue weighted by Crippen LogP contribution is -2.26. The number of nitrogens with one attached hydrogen (secondary N) is 1. The molecule has 3 rings (SSSR count). The Hall–Kier alpha value is -3.25. The van der Waals surface area contributed by atoms with Crippen molar-refractivity contribution in [2.45, 2.75) is 11.0 Å². The van der Waals surface area contributed by atoms with Gasteiger partial charge < -0.3 is 14.8 Å². The molecule has 3 aromatic carbocycles. The average molecular weight is 407 g/mol. The van der Waals surface area contributed by atoms with Crippen molar-refractivity contribution in [3.63, 3.8) is 0 Å². The van der Waals surface area contributed by atoms with E-state index in [1.165, 1.54) is 0 Å². The lowest BCUT2D eigenvalue weighted by atomic mass is 10.1. The highest BCUT2D eigenvalue weighted by molar-refractivity contribution is 7.98. The van der Waals surface area contributed by atoms with Gasteiger partial charge in [0.1, 0.15) is 5.75 Å². The molecule has 0 aliphatic rings. The molecule has 0 heterocycles. The van der Waals surface area contributed by atoms with Crippen LogP contribution < -0.4 is 10.1 Å². The third kappa shape index (κ3) is 5.39. The zero-order valence-electron chi connectivity index (χ0n) is 16.1. The van der Waals surface area contributed by atoms with Gasteiger partial charge in [0.15, 0.2) is 0 Å². The topological polar surface area (TPSA) is 64.6 Å². The summed E-state index contributed by atoms with van der Waals surface area (Å²) in [6, 6.07) is 23.0. The first kappa shape index (κ1) is 20.5. The van der Waals surface area contributed by atoms with Gasteiger partial charge in [-0.1, -0.05) is 36.4 Å². The molecule has 0 bridgehead atoms. The van der Waals surface area contributed by atoms with Gasteiger partial charge in [0.25, 0.3) is 5.91 Å². The van der Waals surface area contributed by atoms with E-state index in [0.717, 1.165) is 4.90 Å². The highest BCUT2D eigenvalue weighted by Gasteiger charge is 2.26. The Kier molecular flexibility index (Phi) is 6.92. The molecule has 29 heavy (non-hydrogen) atoms. The molecule has 0 spiro atoms. The van der Waals surface area contributed by atoms with Crippen LogP contribution in [0, 0.1) is 0 Å². The van der Waals surface area contributed by atoms with Crippen molar-refractivity contribution < 1.29 is 19.1 Å². The minimum Gasteiger partial charge on any atom is -0.497 e. The lowest BCUT2D eigenvalue weighted by molar-refractivity contribution is -0.125. The SMILES string of the molecule is COc1cccc(NC(=O)[C@H](OC(=O)c2ccc(SC)cc2)c2ccccc2)c1. The molecule has 5 nitrogen and oxygen atoms in total. The van der Waals surface area contributed by atoms with E-state index >= 15 is 0 Å². The van der Waals surface area contributed by atoms with Crippen molar-refractivity contribution in [1.29, 1.82) is 0 Å². The number of carbonyl (C=O) groups is 2. The molecule has 1 atom stereocenters. The summed E-state index contributed by atoms with van der Waals surface area (Å²) in [5.41, 5.74) is 1.52. The Balaban J connectivity index is 1.82. The minimum absolute atomic E-state index is 0.387. The van der Waals surface area contributed by atoms with Gasteiger partial charge in [-0.3, -0.25) is 4.79 Å². The summed E-state index contributed by atoms with van der Waals surface area (Å²) >= 11 is 1.58. The van der Waals surface area contributed by atoms with Crippen LogP contribution in [0.15, 0.2) is 83.8 Å². The number of hydrogen-bond donors (Lipinski definition) is 1. The van der Waals surface area contributed by atoms with Crippen LogP contribution in [0.1, 0.15) is 22.0 Å². The maximum Gasteiger partial charge on any atom is 0.339 e. The van der Waals surface area contributed by atoms with E-state index in [9.17, 15) is 9.59 Å². The maximum absolute atomic E-state index is 12.9. The molecule has 6 heteroatoms. The number of benzene rings is 3. The highest BCUT2D eigenvalue weighted by atomic mass is 32.2. The van der Waals surface area contributed by atoms with Crippen LogP contribution in [0.4, 0.5) is 5.69 Å². The number of ether oxygens (including phenoxy) is 2. The van der Waals surface area contributed by atoms with E-state index < -0.39 is 18.0 Å². The van der Waals surface area contributed by atoms with Crippen LogP contribution in [0.2, 0.25) is 0 Å². The van der Waals surface area contributed by atoms with Crippen LogP contribution in [0.25, 0.3) is 0 Å². The summed E-state index contributed by atoms with van der Waals surface area (Å²) in [6.45, 7) is 0. The minimum atomic E-state index is -1.09. The molecule has 3 aromatic rings. The second-order valence-corrected chi connectivity index (χ2v) is 7.03. The van der Waals surface area contributed by atoms with E-state index in [-0.39, 0.29) is 0 Å². The molecule has 1 N–H and O–H groups in total. The molecule has 0 unspecified atom stereocenters. The summed E-state index contributed by atoms with van der Waals surface area (Å²) in [4.78, 5) is 26.6. The molecule has 0 aliphatic heterocycles. The lowest BCUT2D eigenvalue weighted by Gasteiger charge is -2.18. The normalized spacial score (nSPS) is 11.4. The number of amides is 1. The quantitative estimate of drug-likeness (QED) is 0.443. The van der Waals surface area contributed by atoms with Crippen LogP contribution in [0.5, 0.6) is 5.75 Å². The van der Waals surface area contributed by atoms with Crippen LogP contribution >= 0.6 is 11.8 Å². The molecule has 0 radical (unpaired) electrons. The molecule has 0 fully saturated rings. The molecule has 0 aromatic heterocycles. The number of esters is 1. The Morgan fingerprint density at radius 1 is 0.931 bits per heavy atom. The molecule has 148 valence electrons. The van der Waals surface area contributed by atoms with Gasteiger partial charge in [0.05, 0.1) is 12.7 Å². The zero-order valence-corrected chi connectivity index (χ0v) is 16.9. The molecule has 0 saturated carbocycles. The van der Waals surface area contributed by atoms with E-state index in [1.807, 2.05) is 24.5 Å². The summed E-state index contributed by atoms with van der Waals surface area (Å²) in [5.74, 6) is -0.393. The van der Waals surface area contributed by atoms with Crippen molar-refractivity contribution in [2.24, 2.45) is 0 Å². The summed E-state index contributed by atoms with van der Waals surface area (Å²) in [5, 5.41) is 2.79. The Morgan fingerprint density at radius 3 is 2.31 bits per heavy atom. The van der Waals surface area contributed by atoms with Gasteiger partial charge in [-0.2, -0.15) is 0 Å². The van der Waals surface area contributed by atoms with Crippen LogP contribution in [-0.4, -0.2) is 25.2 Å².